The van der Waals surface area contributed by atoms with Crippen LogP contribution in [0, 0.1) is 0 Å². The molecule has 1 rings (SSSR count). The van der Waals surface area contributed by atoms with Gasteiger partial charge >= 0.3 is 5.97 Å². The van der Waals surface area contributed by atoms with Crippen LogP contribution in [0.15, 0.2) is 0 Å². The molecule has 5 nitrogen and oxygen atoms in total. The average Bonchev–Trinajstić information content (AvgIpc) is 2.30. The molecule has 1 N–H and O–H groups in total. The molecule has 0 aromatic rings. The lowest BCUT2D eigenvalue weighted by Gasteiger charge is -2.39. The van der Waals surface area contributed by atoms with E-state index < -0.39 is 5.54 Å². The third-order valence-corrected chi connectivity index (χ3v) is 3.44. The minimum absolute atomic E-state index is 0.121. The van der Waals surface area contributed by atoms with Crippen LogP contribution in [-0.2, 0) is 9.53 Å². The fourth-order valence-corrected chi connectivity index (χ4v) is 2.17. The van der Waals surface area contributed by atoms with Crippen LogP contribution in [0.4, 0.5) is 0 Å². The molecule has 5 heteroatoms. The van der Waals surface area contributed by atoms with Gasteiger partial charge in [0, 0.05) is 26.2 Å². The molecule has 0 radical (unpaired) electrons. The Hall–Kier alpha value is -0.650. The van der Waals surface area contributed by atoms with E-state index in [0.29, 0.717) is 0 Å². The first-order chi connectivity index (χ1) is 8.00. The topological polar surface area (TPSA) is 44.8 Å². The van der Waals surface area contributed by atoms with Crippen molar-refractivity contribution in [3.63, 3.8) is 0 Å². The van der Waals surface area contributed by atoms with Crippen LogP contribution in [0.2, 0.25) is 0 Å². The SMILES string of the molecule is COC(=O)C1(NCCN(C)C)CCN(C)CC1. The van der Waals surface area contributed by atoms with Crippen LogP contribution in [0.25, 0.3) is 0 Å². The van der Waals surface area contributed by atoms with E-state index in [1.807, 2.05) is 14.1 Å². The Labute approximate surface area is 104 Å². The van der Waals surface area contributed by atoms with Crippen LogP contribution >= 0.6 is 0 Å². The maximum atomic E-state index is 12.0. The summed E-state index contributed by atoms with van der Waals surface area (Å²) in [4.78, 5) is 16.3. The molecule has 0 unspecified atom stereocenters. The third-order valence-electron chi connectivity index (χ3n) is 3.44. The molecule has 0 aliphatic carbocycles. The smallest absolute Gasteiger partial charge is 0.326 e. The van der Waals surface area contributed by atoms with Gasteiger partial charge in [0.25, 0.3) is 0 Å². The average molecular weight is 243 g/mol. The number of nitrogens with zero attached hydrogens (tertiary/aromatic N) is 2. The predicted octanol–water partition coefficient (Wildman–Crippen LogP) is -0.225. The fourth-order valence-electron chi connectivity index (χ4n) is 2.17. The van der Waals surface area contributed by atoms with Gasteiger partial charge in [-0.15, -0.1) is 0 Å². The highest BCUT2D eigenvalue weighted by Crippen LogP contribution is 2.22. The number of esters is 1. The molecule has 1 heterocycles. The molecule has 1 fully saturated rings. The van der Waals surface area contributed by atoms with Crippen LogP contribution in [-0.4, -0.2) is 75.7 Å². The second-order valence-corrected chi connectivity index (χ2v) is 5.11. The zero-order valence-corrected chi connectivity index (χ0v) is 11.5. The molecule has 0 aromatic carbocycles. The number of nitrogens with one attached hydrogen (secondary N) is 1. The van der Waals surface area contributed by atoms with Crippen molar-refractivity contribution in [2.24, 2.45) is 0 Å². The van der Waals surface area contributed by atoms with Gasteiger partial charge in [-0.1, -0.05) is 0 Å². The molecule has 1 saturated heterocycles. The number of methoxy groups -OCH3 is 1. The standard InChI is InChI=1S/C12H25N3O2/c1-14(2)10-7-13-12(11(16)17-4)5-8-15(3)9-6-12/h13H,5-10H2,1-4H3. The van der Waals surface area contributed by atoms with Crippen LogP contribution in [0.5, 0.6) is 0 Å². The van der Waals surface area contributed by atoms with E-state index in [2.05, 4.69) is 22.2 Å². The van der Waals surface area contributed by atoms with Gasteiger partial charge in [0.1, 0.15) is 5.54 Å². The number of carbonyl (C=O) groups is 1. The number of rotatable bonds is 5. The van der Waals surface area contributed by atoms with Crippen molar-refractivity contribution >= 4 is 5.97 Å². The predicted molar refractivity (Wildman–Crippen MR) is 68.0 cm³/mol. The molecule has 0 atom stereocenters. The summed E-state index contributed by atoms with van der Waals surface area (Å²) >= 11 is 0. The second kappa shape index (κ2) is 6.33. The summed E-state index contributed by atoms with van der Waals surface area (Å²) in [7, 11) is 7.61. The van der Waals surface area contributed by atoms with Gasteiger partial charge in [0.05, 0.1) is 7.11 Å². The molecular weight excluding hydrogens is 218 g/mol. The maximum absolute atomic E-state index is 12.0. The van der Waals surface area contributed by atoms with Crippen molar-refractivity contribution in [1.29, 1.82) is 0 Å². The summed E-state index contributed by atoms with van der Waals surface area (Å²) in [5, 5.41) is 3.39. The molecule has 0 aromatic heterocycles. The molecule has 0 saturated carbocycles. The van der Waals surface area contributed by atoms with Gasteiger partial charge in [-0.25, -0.2) is 0 Å². The van der Waals surface area contributed by atoms with Gasteiger partial charge in [0.2, 0.25) is 0 Å². The maximum Gasteiger partial charge on any atom is 0.326 e. The summed E-state index contributed by atoms with van der Waals surface area (Å²) in [6, 6.07) is 0. The number of ether oxygens (including phenoxy) is 1. The normalized spacial score (nSPS) is 20.5. The number of likely N-dealkylation sites (N-methyl/N-ethyl adjacent to an activating group) is 1. The number of carbonyl (C=O) groups excluding carboxylic acids is 1. The largest absolute Gasteiger partial charge is 0.468 e. The molecule has 0 amide bonds. The van der Waals surface area contributed by atoms with Crippen molar-refractivity contribution in [2.75, 3.05) is 54.4 Å². The highest BCUT2D eigenvalue weighted by Gasteiger charge is 2.41. The van der Waals surface area contributed by atoms with Crippen LogP contribution in [0.1, 0.15) is 12.8 Å². The Balaban J connectivity index is 2.57. The van der Waals surface area contributed by atoms with Crippen molar-refractivity contribution in [3.05, 3.63) is 0 Å². The van der Waals surface area contributed by atoms with E-state index >= 15 is 0 Å². The molecule has 0 spiro atoms. The summed E-state index contributed by atoms with van der Waals surface area (Å²) in [6.07, 6.45) is 1.65. The van der Waals surface area contributed by atoms with Gasteiger partial charge < -0.3 is 19.9 Å². The van der Waals surface area contributed by atoms with Crippen LogP contribution in [0.3, 0.4) is 0 Å². The first kappa shape index (κ1) is 14.4. The van der Waals surface area contributed by atoms with Gasteiger partial charge in [-0.05, 0) is 34.0 Å². The molecular formula is C12H25N3O2. The lowest BCUT2D eigenvalue weighted by Crippen LogP contribution is -2.59. The second-order valence-electron chi connectivity index (χ2n) is 5.11. The van der Waals surface area contributed by atoms with E-state index in [1.165, 1.54) is 7.11 Å². The minimum atomic E-state index is -0.475. The van der Waals surface area contributed by atoms with E-state index in [0.717, 1.165) is 39.0 Å². The fraction of sp³-hybridized carbons (Fsp3) is 0.917. The van der Waals surface area contributed by atoms with E-state index in [-0.39, 0.29) is 5.97 Å². The molecule has 1 aliphatic heterocycles. The Bertz CT molecular complexity index is 248. The minimum Gasteiger partial charge on any atom is -0.468 e. The molecule has 17 heavy (non-hydrogen) atoms. The van der Waals surface area contributed by atoms with E-state index in [1.54, 1.807) is 0 Å². The van der Waals surface area contributed by atoms with Crippen molar-refractivity contribution in [3.8, 4) is 0 Å². The zero-order valence-electron chi connectivity index (χ0n) is 11.5. The molecule has 0 bridgehead atoms. The van der Waals surface area contributed by atoms with Gasteiger partial charge in [-0.2, -0.15) is 0 Å². The quantitative estimate of drug-likeness (QED) is 0.676. The lowest BCUT2D eigenvalue weighted by atomic mass is 9.87. The number of hydrogen-bond acceptors (Lipinski definition) is 5. The molecule has 1 aliphatic rings. The van der Waals surface area contributed by atoms with Crippen LogP contribution < -0.4 is 5.32 Å². The monoisotopic (exact) mass is 243 g/mol. The third kappa shape index (κ3) is 3.94. The Morgan fingerprint density at radius 1 is 1.41 bits per heavy atom. The Kier molecular flexibility index (Phi) is 5.36. The summed E-state index contributed by atoms with van der Waals surface area (Å²) in [6.45, 7) is 3.61. The number of likely N-dealkylation sites (tertiary alicyclic amines) is 1. The van der Waals surface area contributed by atoms with Gasteiger partial charge in [0.15, 0.2) is 0 Å². The van der Waals surface area contributed by atoms with Crippen molar-refractivity contribution in [2.45, 2.75) is 18.4 Å². The summed E-state index contributed by atoms with van der Waals surface area (Å²) < 4.78 is 4.95. The Morgan fingerprint density at radius 3 is 2.47 bits per heavy atom. The lowest BCUT2D eigenvalue weighted by molar-refractivity contribution is -0.150. The number of piperidine rings is 1. The molecule has 100 valence electrons. The van der Waals surface area contributed by atoms with E-state index in [9.17, 15) is 4.79 Å². The Morgan fingerprint density at radius 2 is 2.00 bits per heavy atom. The highest BCUT2D eigenvalue weighted by molar-refractivity contribution is 5.81. The summed E-state index contributed by atoms with van der Waals surface area (Å²) in [5.74, 6) is -0.121. The zero-order chi connectivity index (χ0) is 12.9. The van der Waals surface area contributed by atoms with Crippen molar-refractivity contribution < 1.29 is 9.53 Å². The summed E-state index contributed by atoms with van der Waals surface area (Å²) in [5.41, 5.74) is -0.475. The first-order valence-electron chi connectivity index (χ1n) is 6.17. The highest BCUT2D eigenvalue weighted by atomic mass is 16.5. The first-order valence-corrected chi connectivity index (χ1v) is 6.17. The number of hydrogen-bond donors (Lipinski definition) is 1. The van der Waals surface area contributed by atoms with E-state index in [4.69, 9.17) is 4.74 Å². The van der Waals surface area contributed by atoms with Crippen molar-refractivity contribution in [1.82, 2.24) is 15.1 Å². The van der Waals surface area contributed by atoms with Gasteiger partial charge in [-0.3, -0.25) is 4.79 Å².